The summed E-state index contributed by atoms with van der Waals surface area (Å²) in [5.41, 5.74) is 5.60. The van der Waals surface area contributed by atoms with Crippen LogP contribution in [-0.2, 0) is 18.3 Å². The van der Waals surface area contributed by atoms with Gasteiger partial charge in [0, 0.05) is 35.9 Å². The van der Waals surface area contributed by atoms with Gasteiger partial charge in [-0.15, -0.1) is 0 Å². The van der Waals surface area contributed by atoms with Crippen LogP contribution in [0, 0.1) is 13.8 Å². The molecule has 0 spiro atoms. The summed E-state index contributed by atoms with van der Waals surface area (Å²) >= 11 is 0. The Balaban J connectivity index is 1.96. The number of hydrogen-bond acceptors (Lipinski definition) is 1. The van der Waals surface area contributed by atoms with Crippen LogP contribution in [0.3, 0.4) is 0 Å². The zero-order chi connectivity index (χ0) is 17.3. The number of carbonyl (C=O) groups is 1. The van der Waals surface area contributed by atoms with E-state index in [0.29, 0.717) is 13.0 Å². The van der Waals surface area contributed by atoms with Gasteiger partial charge in [-0.1, -0.05) is 30.3 Å². The maximum atomic E-state index is 13.0. The van der Waals surface area contributed by atoms with Crippen LogP contribution in [0.25, 0.3) is 10.9 Å². The molecule has 0 aliphatic carbocycles. The number of aryl methyl sites for hydroxylation is 2. The maximum Gasteiger partial charge on any atom is 0.231 e. The molecule has 0 saturated heterocycles. The van der Waals surface area contributed by atoms with Gasteiger partial charge in [0.25, 0.3) is 0 Å². The van der Waals surface area contributed by atoms with Gasteiger partial charge in [-0.2, -0.15) is 0 Å². The number of carbonyl (C=O) groups excluding carboxylic acids is 1. The van der Waals surface area contributed by atoms with Crippen LogP contribution < -0.4 is 4.90 Å². The van der Waals surface area contributed by atoms with Gasteiger partial charge in [0.2, 0.25) is 5.91 Å². The molecule has 0 radical (unpaired) electrons. The monoisotopic (exact) mass is 320 g/mol. The summed E-state index contributed by atoms with van der Waals surface area (Å²) in [7, 11) is 2.06. The molecule has 1 amide bonds. The van der Waals surface area contributed by atoms with Crippen molar-refractivity contribution in [1.82, 2.24) is 4.57 Å². The zero-order valence-electron chi connectivity index (χ0n) is 14.8. The summed E-state index contributed by atoms with van der Waals surface area (Å²) in [5, 5.41) is 1.17. The number of fused-ring (bicyclic) bond motifs is 1. The molecule has 0 saturated carbocycles. The number of amides is 1. The molecule has 0 unspecified atom stereocenters. The highest BCUT2D eigenvalue weighted by Gasteiger charge is 2.19. The van der Waals surface area contributed by atoms with Gasteiger partial charge >= 0.3 is 0 Å². The lowest BCUT2D eigenvalue weighted by atomic mass is 10.1. The highest BCUT2D eigenvalue weighted by Crippen LogP contribution is 2.26. The Morgan fingerprint density at radius 2 is 1.83 bits per heavy atom. The van der Waals surface area contributed by atoms with E-state index in [1.807, 2.05) is 36.1 Å². The molecule has 3 nitrogen and oxygen atoms in total. The molecule has 3 aromatic rings. The van der Waals surface area contributed by atoms with E-state index in [4.69, 9.17) is 0 Å². The minimum atomic E-state index is 0.141. The van der Waals surface area contributed by atoms with Crippen molar-refractivity contribution in [2.75, 3.05) is 11.4 Å². The Morgan fingerprint density at radius 3 is 2.54 bits per heavy atom. The van der Waals surface area contributed by atoms with Gasteiger partial charge in [0.1, 0.15) is 0 Å². The third-order valence-electron chi connectivity index (χ3n) is 4.79. The zero-order valence-corrected chi connectivity index (χ0v) is 14.8. The molecule has 1 aromatic heterocycles. The standard InChI is InChI=1S/C21H24N2O/c1-5-23(17-10-8-9-15(2)13-17)21(24)14-19-16(3)22(4)20-12-7-6-11-18(19)20/h6-13H,5,14H2,1-4H3. The van der Waals surface area contributed by atoms with Crippen molar-refractivity contribution >= 4 is 22.5 Å². The Labute approximate surface area is 143 Å². The Hall–Kier alpha value is -2.55. The molecule has 0 atom stereocenters. The minimum Gasteiger partial charge on any atom is -0.348 e. The fourth-order valence-corrected chi connectivity index (χ4v) is 3.37. The van der Waals surface area contributed by atoms with Gasteiger partial charge in [-0.25, -0.2) is 0 Å². The van der Waals surface area contributed by atoms with E-state index in [9.17, 15) is 4.79 Å². The van der Waals surface area contributed by atoms with Crippen LogP contribution in [-0.4, -0.2) is 17.0 Å². The van der Waals surface area contributed by atoms with Gasteiger partial charge in [-0.3, -0.25) is 4.79 Å². The molecule has 3 rings (SSSR count). The van der Waals surface area contributed by atoms with E-state index in [2.05, 4.69) is 49.7 Å². The average molecular weight is 320 g/mol. The van der Waals surface area contributed by atoms with Crippen LogP contribution in [0.4, 0.5) is 5.69 Å². The number of hydrogen-bond donors (Lipinski definition) is 0. The molecule has 2 aromatic carbocycles. The number of benzene rings is 2. The predicted octanol–water partition coefficient (Wildman–Crippen LogP) is 4.39. The average Bonchev–Trinajstić information content (AvgIpc) is 2.81. The largest absolute Gasteiger partial charge is 0.348 e. The van der Waals surface area contributed by atoms with Crippen LogP contribution in [0.1, 0.15) is 23.7 Å². The summed E-state index contributed by atoms with van der Waals surface area (Å²) in [5.74, 6) is 0.141. The lowest BCUT2D eigenvalue weighted by Gasteiger charge is -2.21. The van der Waals surface area contributed by atoms with E-state index in [-0.39, 0.29) is 5.91 Å². The second kappa shape index (κ2) is 6.52. The summed E-state index contributed by atoms with van der Waals surface area (Å²) in [6.07, 6.45) is 0.426. The lowest BCUT2D eigenvalue weighted by Crippen LogP contribution is -2.32. The van der Waals surface area contributed by atoms with Crippen LogP contribution in [0.5, 0.6) is 0 Å². The van der Waals surface area contributed by atoms with E-state index >= 15 is 0 Å². The number of rotatable bonds is 4. The smallest absolute Gasteiger partial charge is 0.231 e. The van der Waals surface area contributed by atoms with Crippen molar-refractivity contribution in [3.63, 3.8) is 0 Å². The number of anilines is 1. The Bertz CT molecular complexity index is 892. The summed E-state index contributed by atoms with van der Waals surface area (Å²) in [6, 6.07) is 16.4. The molecule has 0 bridgehead atoms. The van der Waals surface area contributed by atoms with E-state index in [0.717, 1.165) is 16.9 Å². The summed E-state index contributed by atoms with van der Waals surface area (Å²) in [6.45, 7) is 6.84. The van der Waals surface area contributed by atoms with Gasteiger partial charge in [0.05, 0.1) is 6.42 Å². The second-order valence-corrected chi connectivity index (χ2v) is 6.29. The number of nitrogens with zero attached hydrogens (tertiary/aromatic N) is 2. The van der Waals surface area contributed by atoms with Gasteiger partial charge in [-0.05, 0) is 50.1 Å². The van der Waals surface area contributed by atoms with Gasteiger partial charge in [0.15, 0.2) is 0 Å². The molecule has 0 fully saturated rings. The van der Waals surface area contributed by atoms with Crippen LogP contribution in [0.15, 0.2) is 48.5 Å². The first-order chi connectivity index (χ1) is 11.5. The third-order valence-corrected chi connectivity index (χ3v) is 4.79. The normalized spacial score (nSPS) is 11.0. The molecule has 24 heavy (non-hydrogen) atoms. The Kier molecular flexibility index (Phi) is 4.43. The highest BCUT2D eigenvalue weighted by atomic mass is 16.2. The minimum absolute atomic E-state index is 0.141. The fourth-order valence-electron chi connectivity index (χ4n) is 3.37. The molecule has 3 heteroatoms. The Morgan fingerprint density at radius 1 is 1.08 bits per heavy atom. The lowest BCUT2D eigenvalue weighted by molar-refractivity contribution is -0.117. The highest BCUT2D eigenvalue weighted by molar-refractivity contribution is 5.98. The summed E-state index contributed by atoms with van der Waals surface area (Å²) < 4.78 is 2.17. The third kappa shape index (κ3) is 2.82. The first-order valence-electron chi connectivity index (χ1n) is 8.42. The quantitative estimate of drug-likeness (QED) is 0.700. The topological polar surface area (TPSA) is 25.2 Å². The van der Waals surface area contributed by atoms with Crippen molar-refractivity contribution in [3.8, 4) is 0 Å². The number of para-hydroxylation sites is 1. The molecule has 1 heterocycles. The van der Waals surface area contributed by atoms with Crippen molar-refractivity contribution in [2.45, 2.75) is 27.2 Å². The van der Waals surface area contributed by atoms with E-state index in [1.54, 1.807) is 0 Å². The molecule has 0 aliphatic heterocycles. The van der Waals surface area contributed by atoms with Crippen molar-refractivity contribution < 1.29 is 4.79 Å². The van der Waals surface area contributed by atoms with E-state index in [1.165, 1.54) is 16.5 Å². The van der Waals surface area contributed by atoms with E-state index < -0.39 is 0 Å². The molecule has 0 aliphatic rings. The summed E-state index contributed by atoms with van der Waals surface area (Å²) in [4.78, 5) is 14.8. The van der Waals surface area contributed by atoms with Gasteiger partial charge < -0.3 is 9.47 Å². The number of aromatic nitrogens is 1. The molecular formula is C21H24N2O. The molecular weight excluding hydrogens is 296 g/mol. The van der Waals surface area contributed by atoms with Crippen LogP contribution >= 0.6 is 0 Å². The SMILES string of the molecule is CCN(C(=O)Cc1c(C)n(C)c2ccccc12)c1cccc(C)c1. The van der Waals surface area contributed by atoms with Crippen molar-refractivity contribution in [3.05, 3.63) is 65.4 Å². The first kappa shape index (κ1) is 16.3. The maximum absolute atomic E-state index is 13.0. The second-order valence-electron chi connectivity index (χ2n) is 6.29. The molecule has 0 N–H and O–H groups in total. The first-order valence-corrected chi connectivity index (χ1v) is 8.42. The number of likely N-dealkylation sites (N-methyl/N-ethyl adjacent to an activating group) is 1. The molecule has 124 valence electrons. The van der Waals surface area contributed by atoms with Crippen LogP contribution in [0.2, 0.25) is 0 Å². The predicted molar refractivity (Wildman–Crippen MR) is 101 cm³/mol. The van der Waals surface area contributed by atoms with Crippen molar-refractivity contribution in [2.24, 2.45) is 7.05 Å². The van der Waals surface area contributed by atoms with Crippen molar-refractivity contribution in [1.29, 1.82) is 0 Å². The fraction of sp³-hybridized carbons (Fsp3) is 0.286.